The van der Waals surface area contributed by atoms with Crippen LogP contribution in [0.2, 0.25) is 0 Å². The van der Waals surface area contributed by atoms with E-state index in [-0.39, 0.29) is 0 Å². The summed E-state index contributed by atoms with van der Waals surface area (Å²) < 4.78 is 0. The van der Waals surface area contributed by atoms with Crippen molar-refractivity contribution in [3.8, 4) is 0 Å². The molecule has 4 heteroatoms. The molecule has 0 amide bonds. The molecule has 0 radical (unpaired) electrons. The fourth-order valence-corrected chi connectivity index (χ4v) is 2.48. The zero-order chi connectivity index (χ0) is 12.1. The maximum Gasteiger partial charge on any atom is 0.151 e. The molecule has 0 bridgehead atoms. The van der Waals surface area contributed by atoms with Crippen molar-refractivity contribution in [3.05, 3.63) is 17.8 Å². The highest BCUT2D eigenvalue weighted by molar-refractivity contribution is 5.38. The average molecular weight is 234 g/mol. The summed E-state index contributed by atoms with van der Waals surface area (Å²) in [5.74, 6) is 1.88. The van der Waals surface area contributed by atoms with Crippen molar-refractivity contribution in [1.29, 1.82) is 0 Å². The van der Waals surface area contributed by atoms with E-state index < -0.39 is 0 Å². The van der Waals surface area contributed by atoms with Gasteiger partial charge >= 0.3 is 0 Å². The Morgan fingerprint density at radius 1 is 1.41 bits per heavy atom. The highest BCUT2D eigenvalue weighted by atomic mass is 15.3. The molecule has 2 rings (SSSR count). The van der Waals surface area contributed by atoms with Gasteiger partial charge in [0, 0.05) is 19.6 Å². The summed E-state index contributed by atoms with van der Waals surface area (Å²) in [5.41, 5.74) is 1.00. The Morgan fingerprint density at radius 3 is 2.94 bits per heavy atom. The SMILES string of the molecule is CCCC1CCN(c2ccc(CNC)nn2)C1. The highest BCUT2D eigenvalue weighted by Crippen LogP contribution is 2.24. The van der Waals surface area contributed by atoms with Crippen molar-refractivity contribution >= 4 is 5.82 Å². The van der Waals surface area contributed by atoms with Crippen LogP contribution in [0.4, 0.5) is 5.82 Å². The number of nitrogens with one attached hydrogen (secondary N) is 1. The van der Waals surface area contributed by atoms with Gasteiger partial charge in [-0.1, -0.05) is 13.3 Å². The lowest BCUT2D eigenvalue weighted by atomic mass is 10.0. The third-order valence-corrected chi connectivity index (χ3v) is 3.37. The summed E-state index contributed by atoms with van der Waals surface area (Å²) in [7, 11) is 1.92. The molecule has 0 spiro atoms. The van der Waals surface area contributed by atoms with Crippen molar-refractivity contribution in [2.45, 2.75) is 32.7 Å². The Labute approximate surface area is 103 Å². The Morgan fingerprint density at radius 2 is 2.29 bits per heavy atom. The van der Waals surface area contributed by atoms with Gasteiger partial charge in [0.25, 0.3) is 0 Å². The van der Waals surface area contributed by atoms with Gasteiger partial charge < -0.3 is 10.2 Å². The molecular formula is C13H22N4. The van der Waals surface area contributed by atoms with Gasteiger partial charge in [0.05, 0.1) is 5.69 Å². The Balaban J connectivity index is 1.94. The second-order valence-corrected chi connectivity index (χ2v) is 4.80. The fraction of sp³-hybridized carbons (Fsp3) is 0.692. The van der Waals surface area contributed by atoms with Crippen LogP contribution < -0.4 is 10.2 Å². The van der Waals surface area contributed by atoms with Crippen LogP contribution >= 0.6 is 0 Å². The quantitative estimate of drug-likeness (QED) is 0.844. The molecule has 17 heavy (non-hydrogen) atoms. The summed E-state index contributed by atoms with van der Waals surface area (Å²) in [5, 5.41) is 11.6. The summed E-state index contributed by atoms with van der Waals surface area (Å²) >= 11 is 0. The van der Waals surface area contributed by atoms with Gasteiger partial charge in [-0.3, -0.25) is 0 Å². The maximum absolute atomic E-state index is 4.31. The van der Waals surface area contributed by atoms with Crippen LogP contribution in [0, 0.1) is 5.92 Å². The number of hydrogen-bond donors (Lipinski definition) is 1. The predicted molar refractivity (Wildman–Crippen MR) is 70.0 cm³/mol. The second kappa shape index (κ2) is 5.96. The molecule has 1 unspecified atom stereocenters. The first kappa shape index (κ1) is 12.3. The molecule has 1 atom stereocenters. The van der Waals surface area contributed by atoms with Gasteiger partial charge in [-0.2, -0.15) is 5.10 Å². The van der Waals surface area contributed by atoms with Gasteiger partial charge in [0.15, 0.2) is 5.82 Å². The van der Waals surface area contributed by atoms with Gasteiger partial charge in [-0.15, -0.1) is 5.10 Å². The lowest BCUT2D eigenvalue weighted by Gasteiger charge is -2.16. The van der Waals surface area contributed by atoms with E-state index in [1.54, 1.807) is 0 Å². The minimum atomic E-state index is 0.783. The average Bonchev–Trinajstić information content (AvgIpc) is 2.80. The van der Waals surface area contributed by atoms with Crippen molar-refractivity contribution in [2.75, 3.05) is 25.0 Å². The lowest BCUT2D eigenvalue weighted by molar-refractivity contribution is 0.529. The smallest absolute Gasteiger partial charge is 0.151 e. The van der Waals surface area contributed by atoms with Crippen LogP contribution in [0.1, 0.15) is 31.9 Å². The van der Waals surface area contributed by atoms with E-state index >= 15 is 0 Å². The molecule has 1 aliphatic heterocycles. The molecule has 1 saturated heterocycles. The predicted octanol–water partition coefficient (Wildman–Crippen LogP) is 1.82. The van der Waals surface area contributed by atoms with Gasteiger partial charge in [-0.25, -0.2) is 0 Å². The number of aromatic nitrogens is 2. The monoisotopic (exact) mass is 234 g/mol. The van der Waals surface area contributed by atoms with Crippen molar-refractivity contribution in [1.82, 2.24) is 15.5 Å². The summed E-state index contributed by atoms with van der Waals surface area (Å²) in [4.78, 5) is 2.36. The fourth-order valence-electron chi connectivity index (χ4n) is 2.48. The number of nitrogens with zero attached hydrogens (tertiary/aromatic N) is 3. The van der Waals surface area contributed by atoms with E-state index in [0.29, 0.717) is 0 Å². The molecule has 1 N–H and O–H groups in total. The van der Waals surface area contributed by atoms with E-state index in [4.69, 9.17) is 0 Å². The van der Waals surface area contributed by atoms with Crippen molar-refractivity contribution in [3.63, 3.8) is 0 Å². The molecule has 0 aliphatic carbocycles. The summed E-state index contributed by atoms with van der Waals surface area (Å²) in [6.45, 7) is 5.32. The summed E-state index contributed by atoms with van der Waals surface area (Å²) in [6, 6.07) is 4.15. The number of rotatable bonds is 5. The molecule has 4 nitrogen and oxygen atoms in total. The molecule has 0 saturated carbocycles. The van der Waals surface area contributed by atoms with Crippen LogP contribution in [-0.2, 0) is 6.54 Å². The Kier molecular flexibility index (Phi) is 4.31. The second-order valence-electron chi connectivity index (χ2n) is 4.80. The first-order chi connectivity index (χ1) is 8.33. The highest BCUT2D eigenvalue weighted by Gasteiger charge is 2.22. The molecule has 94 valence electrons. The van der Waals surface area contributed by atoms with E-state index in [2.05, 4.69) is 39.5 Å². The third kappa shape index (κ3) is 3.16. The first-order valence-electron chi connectivity index (χ1n) is 6.55. The van der Waals surface area contributed by atoms with Gasteiger partial charge in [0.1, 0.15) is 0 Å². The minimum absolute atomic E-state index is 0.783. The zero-order valence-electron chi connectivity index (χ0n) is 10.8. The van der Waals surface area contributed by atoms with Crippen LogP contribution in [0.3, 0.4) is 0 Å². The number of hydrogen-bond acceptors (Lipinski definition) is 4. The molecule has 1 fully saturated rings. The molecule has 2 heterocycles. The normalized spacial score (nSPS) is 19.9. The lowest BCUT2D eigenvalue weighted by Crippen LogP contribution is -2.21. The van der Waals surface area contributed by atoms with Crippen LogP contribution in [0.25, 0.3) is 0 Å². The molecule has 1 aromatic heterocycles. The number of anilines is 1. The molecular weight excluding hydrogens is 212 g/mol. The van der Waals surface area contributed by atoms with Crippen LogP contribution in [0.15, 0.2) is 12.1 Å². The Bertz CT molecular complexity index is 336. The van der Waals surface area contributed by atoms with Crippen molar-refractivity contribution < 1.29 is 0 Å². The van der Waals surface area contributed by atoms with E-state index in [1.807, 2.05) is 7.05 Å². The summed E-state index contributed by atoms with van der Waals surface area (Å²) in [6.07, 6.45) is 3.92. The largest absolute Gasteiger partial charge is 0.355 e. The Hall–Kier alpha value is -1.16. The molecule has 1 aliphatic rings. The molecule has 1 aromatic rings. The minimum Gasteiger partial charge on any atom is -0.355 e. The van der Waals surface area contributed by atoms with Crippen molar-refractivity contribution in [2.24, 2.45) is 5.92 Å². The van der Waals surface area contributed by atoms with E-state index in [9.17, 15) is 0 Å². The van der Waals surface area contributed by atoms with Crippen LogP contribution in [0.5, 0.6) is 0 Å². The maximum atomic E-state index is 4.31. The van der Waals surface area contributed by atoms with Crippen LogP contribution in [-0.4, -0.2) is 30.3 Å². The third-order valence-electron chi connectivity index (χ3n) is 3.37. The van der Waals surface area contributed by atoms with Gasteiger partial charge in [0.2, 0.25) is 0 Å². The zero-order valence-corrected chi connectivity index (χ0v) is 10.8. The first-order valence-corrected chi connectivity index (χ1v) is 6.55. The van der Waals surface area contributed by atoms with Gasteiger partial charge in [-0.05, 0) is 37.9 Å². The standard InChI is InChI=1S/C13H22N4/c1-3-4-11-7-8-17(10-11)13-6-5-12(9-14-2)15-16-13/h5-6,11,14H,3-4,7-10H2,1-2H3. The van der Waals surface area contributed by atoms with E-state index in [0.717, 1.165) is 37.1 Å². The topological polar surface area (TPSA) is 41.0 Å². The molecule has 0 aromatic carbocycles. The van der Waals surface area contributed by atoms with E-state index in [1.165, 1.54) is 19.3 Å².